The lowest BCUT2D eigenvalue weighted by atomic mass is 10.1. The molecule has 9 heteroatoms. The van der Waals surface area contributed by atoms with Crippen LogP contribution in [-0.4, -0.2) is 31.6 Å². The van der Waals surface area contributed by atoms with Crippen molar-refractivity contribution in [1.82, 2.24) is 0 Å². The highest BCUT2D eigenvalue weighted by molar-refractivity contribution is 7.19. The summed E-state index contributed by atoms with van der Waals surface area (Å²) >= 11 is 0.720. The molecule has 0 aliphatic carbocycles. The Morgan fingerprint density at radius 2 is 1.95 bits per heavy atom. The van der Waals surface area contributed by atoms with Gasteiger partial charge in [-0.3, -0.25) is 4.79 Å². The SMILES string of the molecule is COC(=O)c1c(NCC(F)(F)F)sc(C(=O)C(C)C)c1N. The number of halogens is 3. The smallest absolute Gasteiger partial charge is 0.405 e. The fourth-order valence-corrected chi connectivity index (χ4v) is 2.69. The lowest BCUT2D eigenvalue weighted by Gasteiger charge is -2.09. The largest absolute Gasteiger partial charge is 0.465 e. The number of ether oxygens (including phenoxy) is 1. The molecule has 0 saturated carbocycles. The number of nitrogens with two attached hydrogens (primary N) is 1. The number of anilines is 2. The van der Waals surface area contributed by atoms with Crippen molar-refractivity contribution in [2.75, 3.05) is 24.7 Å². The molecule has 0 spiro atoms. The average Bonchev–Trinajstić information content (AvgIpc) is 2.70. The second-order valence-corrected chi connectivity index (χ2v) is 5.55. The third kappa shape index (κ3) is 4.10. The van der Waals surface area contributed by atoms with Gasteiger partial charge in [-0.05, 0) is 0 Å². The molecule has 0 aromatic carbocycles. The van der Waals surface area contributed by atoms with Crippen LogP contribution in [0.3, 0.4) is 0 Å². The first kappa shape index (κ1) is 17.3. The predicted molar refractivity (Wildman–Crippen MR) is 73.8 cm³/mol. The molecule has 118 valence electrons. The normalized spacial score (nSPS) is 11.6. The van der Waals surface area contributed by atoms with Crippen molar-refractivity contribution in [1.29, 1.82) is 0 Å². The van der Waals surface area contributed by atoms with E-state index in [0.717, 1.165) is 18.4 Å². The molecule has 0 saturated heterocycles. The van der Waals surface area contributed by atoms with Crippen LogP contribution in [0, 0.1) is 5.92 Å². The Morgan fingerprint density at radius 1 is 1.38 bits per heavy atom. The number of nitrogens with one attached hydrogen (secondary N) is 1. The van der Waals surface area contributed by atoms with Crippen LogP contribution in [0.4, 0.5) is 23.9 Å². The van der Waals surface area contributed by atoms with E-state index in [1.165, 1.54) is 0 Å². The highest BCUT2D eigenvalue weighted by Crippen LogP contribution is 2.38. The molecule has 0 atom stereocenters. The summed E-state index contributed by atoms with van der Waals surface area (Å²) in [6, 6.07) is 0. The van der Waals surface area contributed by atoms with Crippen LogP contribution in [0.2, 0.25) is 0 Å². The van der Waals surface area contributed by atoms with Gasteiger partial charge in [-0.1, -0.05) is 13.8 Å². The van der Waals surface area contributed by atoms with Crippen LogP contribution in [0.15, 0.2) is 0 Å². The fourth-order valence-electron chi connectivity index (χ4n) is 1.50. The van der Waals surface area contributed by atoms with Gasteiger partial charge >= 0.3 is 12.1 Å². The maximum Gasteiger partial charge on any atom is 0.405 e. The topological polar surface area (TPSA) is 81.4 Å². The highest BCUT2D eigenvalue weighted by atomic mass is 32.1. The number of nitrogen functional groups attached to an aromatic ring is 1. The summed E-state index contributed by atoms with van der Waals surface area (Å²) in [6.07, 6.45) is -4.46. The number of carbonyl (C=O) groups excluding carboxylic acids is 2. The van der Waals surface area contributed by atoms with Crippen molar-refractivity contribution in [3.8, 4) is 0 Å². The van der Waals surface area contributed by atoms with E-state index in [1.54, 1.807) is 13.8 Å². The minimum atomic E-state index is -4.46. The van der Waals surface area contributed by atoms with Crippen LogP contribution >= 0.6 is 11.3 Å². The quantitative estimate of drug-likeness (QED) is 0.643. The molecule has 1 heterocycles. The van der Waals surface area contributed by atoms with Crippen molar-refractivity contribution in [3.05, 3.63) is 10.4 Å². The number of carbonyl (C=O) groups is 2. The standard InChI is InChI=1S/C12H15F3N2O3S/c1-5(2)8(18)9-7(16)6(11(19)20-3)10(21-9)17-4-12(13,14)15/h5,17H,4,16H2,1-3H3. The van der Waals surface area contributed by atoms with Gasteiger partial charge in [-0.25, -0.2) is 4.79 Å². The maximum absolute atomic E-state index is 12.3. The molecule has 5 nitrogen and oxygen atoms in total. The Morgan fingerprint density at radius 3 is 2.38 bits per heavy atom. The van der Waals surface area contributed by atoms with E-state index < -0.39 is 24.6 Å². The number of Topliss-reactive ketones (excluding diaryl/α,β-unsaturated/α-hetero) is 1. The summed E-state index contributed by atoms with van der Waals surface area (Å²) in [5.74, 6) is -1.63. The first-order chi connectivity index (χ1) is 9.58. The summed E-state index contributed by atoms with van der Waals surface area (Å²) in [4.78, 5) is 23.7. The van der Waals surface area contributed by atoms with Crippen molar-refractivity contribution in [2.45, 2.75) is 20.0 Å². The van der Waals surface area contributed by atoms with Gasteiger partial charge in [-0.15, -0.1) is 11.3 Å². The maximum atomic E-state index is 12.3. The molecule has 0 aliphatic heterocycles. The van der Waals surface area contributed by atoms with Gasteiger partial charge in [0.2, 0.25) is 0 Å². The highest BCUT2D eigenvalue weighted by Gasteiger charge is 2.31. The summed E-state index contributed by atoms with van der Waals surface area (Å²) in [7, 11) is 1.08. The van der Waals surface area contributed by atoms with Gasteiger partial charge in [0.05, 0.1) is 17.7 Å². The van der Waals surface area contributed by atoms with Gasteiger partial charge < -0.3 is 15.8 Å². The summed E-state index contributed by atoms with van der Waals surface area (Å²) in [5.41, 5.74) is 5.33. The molecule has 1 aromatic heterocycles. The lowest BCUT2D eigenvalue weighted by Crippen LogP contribution is -2.22. The Labute approximate surface area is 123 Å². The molecule has 0 unspecified atom stereocenters. The number of hydrogen-bond acceptors (Lipinski definition) is 6. The van der Waals surface area contributed by atoms with E-state index >= 15 is 0 Å². The van der Waals surface area contributed by atoms with Crippen LogP contribution in [0.1, 0.15) is 33.9 Å². The van der Waals surface area contributed by atoms with Gasteiger partial charge in [0.15, 0.2) is 5.78 Å². The summed E-state index contributed by atoms with van der Waals surface area (Å²) in [5, 5.41) is 1.96. The second kappa shape index (κ2) is 6.33. The number of alkyl halides is 3. The molecule has 1 aromatic rings. The van der Waals surface area contributed by atoms with Crippen molar-refractivity contribution >= 4 is 33.8 Å². The van der Waals surface area contributed by atoms with E-state index in [0.29, 0.717) is 0 Å². The Kier molecular flexibility index (Phi) is 5.21. The van der Waals surface area contributed by atoms with Crippen LogP contribution < -0.4 is 11.1 Å². The minimum Gasteiger partial charge on any atom is -0.465 e. The minimum absolute atomic E-state index is 0.0510. The zero-order chi connectivity index (χ0) is 16.4. The lowest BCUT2D eigenvalue weighted by molar-refractivity contribution is -0.115. The van der Waals surface area contributed by atoms with E-state index in [1.807, 2.05) is 0 Å². The van der Waals surface area contributed by atoms with Crippen LogP contribution in [0.25, 0.3) is 0 Å². The van der Waals surface area contributed by atoms with E-state index in [4.69, 9.17) is 5.73 Å². The Hall–Kier alpha value is -1.77. The number of thiophene rings is 1. The number of esters is 1. The second-order valence-electron chi connectivity index (χ2n) is 4.53. The Bertz CT molecular complexity index is 553. The predicted octanol–water partition coefficient (Wildman–Crippen LogP) is 2.93. The molecule has 0 aliphatic rings. The van der Waals surface area contributed by atoms with Crippen molar-refractivity contribution < 1.29 is 27.5 Å². The van der Waals surface area contributed by atoms with Crippen molar-refractivity contribution in [3.63, 3.8) is 0 Å². The third-order valence-corrected chi connectivity index (χ3v) is 3.71. The summed E-state index contributed by atoms with van der Waals surface area (Å²) in [6.45, 7) is 1.91. The van der Waals surface area contributed by atoms with Crippen LogP contribution in [0.5, 0.6) is 0 Å². The number of rotatable bonds is 5. The number of hydrogen-bond donors (Lipinski definition) is 2. The van der Waals surface area contributed by atoms with E-state index in [-0.39, 0.29) is 26.9 Å². The van der Waals surface area contributed by atoms with Crippen molar-refractivity contribution in [2.24, 2.45) is 5.92 Å². The van der Waals surface area contributed by atoms with Gasteiger partial charge in [0.1, 0.15) is 17.1 Å². The molecule has 1 rings (SSSR count). The van der Waals surface area contributed by atoms with Gasteiger partial charge in [0, 0.05) is 5.92 Å². The molecule has 0 amide bonds. The Balaban J connectivity index is 3.25. The molecule has 0 fully saturated rings. The summed E-state index contributed by atoms with van der Waals surface area (Å²) < 4.78 is 41.3. The zero-order valence-corrected chi connectivity index (χ0v) is 12.4. The molecule has 3 N–H and O–H groups in total. The average molecular weight is 324 g/mol. The first-order valence-corrected chi connectivity index (χ1v) is 6.75. The molecule has 0 bridgehead atoms. The molecule has 21 heavy (non-hydrogen) atoms. The first-order valence-electron chi connectivity index (χ1n) is 5.93. The number of methoxy groups -OCH3 is 1. The molecular weight excluding hydrogens is 309 g/mol. The fraction of sp³-hybridized carbons (Fsp3) is 0.500. The molecule has 0 radical (unpaired) electrons. The van der Waals surface area contributed by atoms with E-state index in [9.17, 15) is 22.8 Å². The zero-order valence-electron chi connectivity index (χ0n) is 11.6. The van der Waals surface area contributed by atoms with Gasteiger partial charge in [-0.2, -0.15) is 13.2 Å². The monoisotopic (exact) mass is 324 g/mol. The third-order valence-electron chi connectivity index (χ3n) is 2.53. The van der Waals surface area contributed by atoms with Crippen LogP contribution in [-0.2, 0) is 4.74 Å². The van der Waals surface area contributed by atoms with E-state index in [2.05, 4.69) is 10.1 Å². The molecular formula is C12H15F3N2O3S. The number of ketones is 1. The van der Waals surface area contributed by atoms with Gasteiger partial charge in [0.25, 0.3) is 0 Å².